The molecule has 1 aromatic carbocycles. The normalized spacial score (nSPS) is 18.1. The van der Waals surface area contributed by atoms with Gasteiger partial charge in [-0.1, -0.05) is 0 Å². The number of aromatic nitrogens is 2. The van der Waals surface area contributed by atoms with Crippen LogP contribution in [0.5, 0.6) is 0 Å². The maximum atomic E-state index is 12.4. The molecule has 1 unspecified atom stereocenters. The monoisotopic (exact) mass is 388 g/mol. The van der Waals surface area contributed by atoms with Crippen LogP contribution in [0.15, 0.2) is 30.3 Å². The first kappa shape index (κ1) is 19.0. The number of ketones is 1. The number of anilines is 2. The first-order valence-electron chi connectivity index (χ1n) is 8.47. The Morgan fingerprint density at radius 1 is 1.15 bits per heavy atom. The quantitative estimate of drug-likeness (QED) is 0.748. The largest absolute Gasteiger partial charge is 0.347 e. The second-order valence-electron chi connectivity index (χ2n) is 6.52. The average molecular weight is 388 g/mol. The van der Waals surface area contributed by atoms with Crippen molar-refractivity contribution in [2.75, 3.05) is 16.8 Å². The summed E-state index contributed by atoms with van der Waals surface area (Å²) in [4.78, 5) is 32.2. The van der Waals surface area contributed by atoms with Gasteiger partial charge in [-0.05, 0) is 44.5 Å². The Hall–Kier alpha value is -2.81. The average Bonchev–Trinajstić information content (AvgIpc) is 2.93. The summed E-state index contributed by atoms with van der Waals surface area (Å²) >= 11 is 0. The zero-order valence-corrected chi connectivity index (χ0v) is 15.8. The molecule has 3 rings (SSSR count). The highest BCUT2D eigenvalue weighted by Gasteiger charge is 2.29. The fourth-order valence-corrected chi connectivity index (χ4v) is 4.53. The zero-order chi connectivity index (χ0) is 19.6. The lowest BCUT2D eigenvalue weighted by atomic mass is 10.1. The van der Waals surface area contributed by atoms with Gasteiger partial charge >= 0.3 is 0 Å². The van der Waals surface area contributed by atoms with E-state index in [0.29, 0.717) is 29.3 Å². The molecule has 0 aliphatic carbocycles. The summed E-state index contributed by atoms with van der Waals surface area (Å²) in [5.74, 6) is 0.428. The third-order valence-corrected chi connectivity index (χ3v) is 5.97. The molecule has 1 saturated heterocycles. The van der Waals surface area contributed by atoms with Gasteiger partial charge in [0.25, 0.3) is 5.91 Å². The van der Waals surface area contributed by atoms with Gasteiger partial charge in [0.2, 0.25) is 0 Å². The third-order valence-electron chi connectivity index (χ3n) is 4.20. The zero-order valence-electron chi connectivity index (χ0n) is 15.0. The molecular formula is C18H20N4O4S. The predicted octanol–water partition coefficient (Wildman–Crippen LogP) is 1.65. The number of amides is 1. The van der Waals surface area contributed by atoms with Crippen LogP contribution in [0.3, 0.4) is 0 Å². The summed E-state index contributed by atoms with van der Waals surface area (Å²) in [5, 5.41) is 5.79. The molecule has 1 amide bonds. The molecule has 1 aromatic heterocycles. The van der Waals surface area contributed by atoms with E-state index < -0.39 is 21.8 Å². The molecule has 0 bridgehead atoms. The van der Waals surface area contributed by atoms with Crippen molar-refractivity contribution in [3.05, 3.63) is 47.4 Å². The molecule has 1 fully saturated rings. The van der Waals surface area contributed by atoms with Gasteiger partial charge in [0.05, 0.1) is 11.5 Å². The van der Waals surface area contributed by atoms with Gasteiger partial charge in [0.15, 0.2) is 15.6 Å². The molecule has 2 heterocycles. The number of nitrogens with zero attached hydrogens (tertiary/aromatic N) is 2. The lowest BCUT2D eigenvalue weighted by Gasteiger charge is -2.12. The number of Topliss-reactive ketones (excluding diaryl/α,β-unsaturated/α-hetero) is 1. The van der Waals surface area contributed by atoms with E-state index in [1.165, 1.54) is 13.0 Å². The van der Waals surface area contributed by atoms with Crippen LogP contribution in [0.4, 0.5) is 11.5 Å². The second-order valence-corrected chi connectivity index (χ2v) is 8.75. The van der Waals surface area contributed by atoms with Crippen molar-refractivity contribution in [3.63, 3.8) is 0 Å². The van der Waals surface area contributed by atoms with Crippen LogP contribution in [0.2, 0.25) is 0 Å². The number of nitrogens with one attached hydrogen (secondary N) is 2. The highest BCUT2D eigenvalue weighted by Crippen LogP contribution is 2.17. The van der Waals surface area contributed by atoms with Gasteiger partial charge < -0.3 is 10.6 Å². The number of benzene rings is 1. The van der Waals surface area contributed by atoms with Crippen LogP contribution >= 0.6 is 0 Å². The van der Waals surface area contributed by atoms with Crippen LogP contribution in [0, 0.1) is 6.92 Å². The summed E-state index contributed by atoms with van der Waals surface area (Å²) in [6.07, 6.45) is 0.408. The van der Waals surface area contributed by atoms with Crippen molar-refractivity contribution in [1.82, 2.24) is 15.3 Å². The fraction of sp³-hybridized carbons (Fsp3) is 0.333. The minimum Gasteiger partial charge on any atom is -0.347 e. The van der Waals surface area contributed by atoms with Crippen LogP contribution in [-0.2, 0) is 9.84 Å². The van der Waals surface area contributed by atoms with Crippen LogP contribution in [0.25, 0.3) is 0 Å². The van der Waals surface area contributed by atoms with Crippen molar-refractivity contribution in [1.29, 1.82) is 0 Å². The number of aryl methyl sites for hydroxylation is 1. The van der Waals surface area contributed by atoms with E-state index in [-0.39, 0.29) is 23.0 Å². The van der Waals surface area contributed by atoms with E-state index in [9.17, 15) is 18.0 Å². The third kappa shape index (κ3) is 4.88. The van der Waals surface area contributed by atoms with Gasteiger partial charge in [-0.2, -0.15) is 0 Å². The number of rotatable bonds is 5. The molecule has 0 saturated carbocycles. The van der Waals surface area contributed by atoms with Crippen molar-refractivity contribution in [2.45, 2.75) is 26.3 Å². The Labute approximate surface area is 157 Å². The standard InChI is InChI=1S/C18H20N4O4S/c1-11(23)13-3-5-14(6-4-13)21-17-9-16(19-12(2)20-17)18(24)22-15-7-8-27(25,26)10-15/h3-6,9,15H,7-8,10H2,1-2H3,(H,22,24)(H,19,20,21). The van der Waals surface area contributed by atoms with Gasteiger partial charge in [-0.15, -0.1) is 0 Å². The molecule has 2 N–H and O–H groups in total. The Morgan fingerprint density at radius 3 is 2.44 bits per heavy atom. The highest BCUT2D eigenvalue weighted by molar-refractivity contribution is 7.91. The van der Waals surface area contributed by atoms with E-state index in [2.05, 4.69) is 20.6 Å². The molecule has 1 aliphatic heterocycles. The SMILES string of the molecule is CC(=O)c1ccc(Nc2cc(C(=O)NC3CCS(=O)(=O)C3)nc(C)n2)cc1. The molecule has 9 heteroatoms. The van der Waals surface area contributed by atoms with E-state index >= 15 is 0 Å². The number of sulfone groups is 1. The minimum atomic E-state index is -3.07. The predicted molar refractivity (Wildman–Crippen MR) is 101 cm³/mol. The number of carbonyl (C=O) groups is 2. The van der Waals surface area contributed by atoms with Crippen LogP contribution in [-0.4, -0.2) is 47.6 Å². The van der Waals surface area contributed by atoms with Crippen molar-refractivity contribution < 1.29 is 18.0 Å². The van der Waals surface area contributed by atoms with Crippen molar-refractivity contribution >= 4 is 33.0 Å². The molecule has 1 atom stereocenters. The van der Waals surface area contributed by atoms with Crippen molar-refractivity contribution in [3.8, 4) is 0 Å². The molecule has 1 aliphatic rings. The highest BCUT2D eigenvalue weighted by atomic mass is 32.2. The molecule has 2 aromatic rings. The first-order valence-corrected chi connectivity index (χ1v) is 10.3. The Kier molecular flexibility index (Phi) is 5.22. The first-order chi connectivity index (χ1) is 12.7. The smallest absolute Gasteiger partial charge is 0.270 e. The van der Waals surface area contributed by atoms with Crippen LogP contribution < -0.4 is 10.6 Å². The summed E-state index contributed by atoms with van der Waals surface area (Å²) in [7, 11) is -3.07. The van der Waals surface area contributed by atoms with Gasteiger partial charge in [-0.3, -0.25) is 9.59 Å². The number of hydrogen-bond acceptors (Lipinski definition) is 7. The maximum absolute atomic E-state index is 12.4. The molecule has 27 heavy (non-hydrogen) atoms. The maximum Gasteiger partial charge on any atom is 0.270 e. The number of hydrogen-bond donors (Lipinski definition) is 2. The van der Waals surface area contributed by atoms with E-state index in [0.717, 1.165) is 0 Å². The molecule has 0 radical (unpaired) electrons. The lowest BCUT2D eigenvalue weighted by Crippen LogP contribution is -2.36. The molecule has 8 nitrogen and oxygen atoms in total. The second kappa shape index (κ2) is 7.43. The van der Waals surface area contributed by atoms with E-state index in [4.69, 9.17) is 0 Å². The Balaban J connectivity index is 1.73. The van der Waals surface area contributed by atoms with Gasteiger partial charge in [0.1, 0.15) is 17.3 Å². The summed E-state index contributed by atoms with van der Waals surface area (Å²) in [6.45, 7) is 3.16. The molecule has 0 spiro atoms. The summed E-state index contributed by atoms with van der Waals surface area (Å²) in [5.41, 5.74) is 1.48. The van der Waals surface area contributed by atoms with E-state index in [1.54, 1.807) is 31.2 Å². The van der Waals surface area contributed by atoms with E-state index in [1.807, 2.05) is 0 Å². The Morgan fingerprint density at radius 2 is 1.85 bits per heavy atom. The lowest BCUT2D eigenvalue weighted by molar-refractivity contribution is 0.0935. The minimum absolute atomic E-state index is 0.0210. The molecule has 142 valence electrons. The van der Waals surface area contributed by atoms with Gasteiger partial charge in [0, 0.05) is 23.4 Å². The fourth-order valence-electron chi connectivity index (χ4n) is 2.85. The summed E-state index contributed by atoms with van der Waals surface area (Å²) in [6, 6.07) is 8.01. The number of carbonyl (C=O) groups excluding carboxylic acids is 2. The Bertz CT molecular complexity index is 987. The van der Waals surface area contributed by atoms with Crippen molar-refractivity contribution in [2.24, 2.45) is 0 Å². The van der Waals surface area contributed by atoms with Crippen LogP contribution in [0.1, 0.15) is 40.0 Å². The molecular weight excluding hydrogens is 368 g/mol. The summed E-state index contributed by atoms with van der Waals surface area (Å²) < 4.78 is 23.1. The van der Waals surface area contributed by atoms with Gasteiger partial charge in [-0.25, -0.2) is 18.4 Å². The topological polar surface area (TPSA) is 118 Å².